The number of nitrogens with zero attached hydrogens (tertiary/aromatic N) is 1. The quantitative estimate of drug-likeness (QED) is 0.835. The van der Waals surface area contributed by atoms with E-state index in [1.807, 2.05) is 17.5 Å². The number of carboxylic acids is 1. The van der Waals surface area contributed by atoms with Crippen molar-refractivity contribution in [3.05, 3.63) is 22.4 Å². The summed E-state index contributed by atoms with van der Waals surface area (Å²) in [6.07, 6.45) is 0. The molecule has 1 N–H and O–H groups in total. The van der Waals surface area contributed by atoms with Crippen molar-refractivity contribution < 1.29 is 14.7 Å². The molecule has 100 valence electrons. The molecule has 1 unspecified atom stereocenters. The molecule has 0 aromatic carbocycles. The number of carbonyl (C=O) groups is 2. The molecule has 0 aliphatic carbocycles. The zero-order chi connectivity index (χ0) is 13.5. The number of carbonyl (C=O) groups excluding carboxylic acids is 1. The molecule has 6 heteroatoms. The van der Waals surface area contributed by atoms with Crippen molar-refractivity contribution in [1.29, 1.82) is 0 Å². The zero-order valence-corrected chi connectivity index (χ0v) is 12.1. The van der Waals surface area contributed by atoms with Gasteiger partial charge in [-0.05, 0) is 11.4 Å². The van der Waals surface area contributed by atoms with E-state index in [-0.39, 0.29) is 12.5 Å². The Balaban J connectivity index is 2.25. The van der Waals surface area contributed by atoms with E-state index in [0.717, 1.165) is 5.75 Å². The van der Waals surface area contributed by atoms with Gasteiger partial charge >= 0.3 is 5.97 Å². The number of thiophene rings is 1. The summed E-state index contributed by atoms with van der Waals surface area (Å²) in [7, 11) is 1.65. The van der Waals surface area contributed by atoms with Gasteiger partial charge in [-0.2, -0.15) is 0 Å². The molecular formula is C12H17NO3S2. The average Bonchev–Trinajstić information content (AvgIpc) is 2.81. The lowest BCUT2D eigenvalue weighted by molar-refractivity contribution is -0.142. The van der Waals surface area contributed by atoms with Crippen molar-refractivity contribution in [2.45, 2.75) is 12.7 Å². The van der Waals surface area contributed by atoms with E-state index < -0.39 is 11.9 Å². The number of aliphatic carboxylic acids is 1. The van der Waals surface area contributed by atoms with Crippen molar-refractivity contribution >= 4 is 35.0 Å². The van der Waals surface area contributed by atoms with E-state index in [4.69, 9.17) is 5.11 Å². The third kappa shape index (κ3) is 5.10. The highest BCUT2D eigenvalue weighted by Gasteiger charge is 2.17. The second kappa shape index (κ2) is 7.43. The number of thioether (sulfide) groups is 1. The molecule has 0 bridgehead atoms. The van der Waals surface area contributed by atoms with Crippen LogP contribution in [0.4, 0.5) is 0 Å². The largest absolute Gasteiger partial charge is 0.481 e. The van der Waals surface area contributed by atoms with Crippen LogP contribution in [0.5, 0.6) is 0 Å². The SMILES string of the molecule is CC(CN(C)C(=O)CSCc1cccs1)C(=O)O. The van der Waals surface area contributed by atoms with Gasteiger partial charge in [-0.15, -0.1) is 23.1 Å². The first-order valence-electron chi connectivity index (χ1n) is 5.57. The van der Waals surface area contributed by atoms with Crippen LogP contribution in [-0.2, 0) is 15.3 Å². The molecule has 0 aliphatic rings. The van der Waals surface area contributed by atoms with E-state index in [9.17, 15) is 9.59 Å². The molecule has 1 amide bonds. The molecule has 0 saturated carbocycles. The van der Waals surface area contributed by atoms with E-state index in [1.165, 1.54) is 9.78 Å². The summed E-state index contributed by atoms with van der Waals surface area (Å²) >= 11 is 3.23. The number of carboxylic acid groups (broad SMARTS) is 1. The van der Waals surface area contributed by atoms with Crippen LogP contribution in [0.3, 0.4) is 0 Å². The first kappa shape index (κ1) is 15.0. The molecule has 1 heterocycles. The summed E-state index contributed by atoms with van der Waals surface area (Å²) in [6.45, 7) is 1.86. The highest BCUT2D eigenvalue weighted by atomic mass is 32.2. The van der Waals surface area contributed by atoms with Crippen molar-refractivity contribution in [2.24, 2.45) is 5.92 Å². The third-order valence-electron chi connectivity index (χ3n) is 2.45. The molecule has 0 fully saturated rings. The van der Waals surface area contributed by atoms with Gasteiger partial charge in [-0.1, -0.05) is 13.0 Å². The normalized spacial score (nSPS) is 12.1. The Bertz CT molecular complexity index is 392. The maximum Gasteiger partial charge on any atom is 0.308 e. The molecule has 1 aromatic rings. The van der Waals surface area contributed by atoms with Gasteiger partial charge in [-0.3, -0.25) is 9.59 Å². The van der Waals surface area contributed by atoms with Gasteiger partial charge in [0.1, 0.15) is 0 Å². The summed E-state index contributed by atoms with van der Waals surface area (Å²) in [5.74, 6) is -0.210. The highest BCUT2D eigenvalue weighted by molar-refractivity contribution is 7.99. The molecule has 1 rings (SSSR count). The van der Waals surface area contributed by atoms with Gasteiger partial charge < -0.3 is 10.0 Å². The van der Waals surface area contributed by atoms with Gasteiger partial charge in [0.25, 0.3) is 0 Å². The fourth-order valence-corrected chi connectivity index (χ4v) is 3.14. The Morgan fingerprint density at radius 3 is 2.83 bits per heavy atom. The van der Waals surface area contributed by atoms with Gasteiger partial charge in [0.05, 0.1) is 11.7 Å². The summed E-state index contributed by atoms with van der Waals surface area (Å²) in [4.78, 5) is 25.2. The molecule has 4 nitrogen and oxygen atoms in total. The molecular weight excluding hydrogens is 270 g/mol. The molecule has 1 atom stereocenters. The maximum absolute atomic E-state index is 11.7. The van der Waals surface area contributed by atoms with Gasteiger partial charge in [-0.25, -0.2) is 0 Å². The molecule has 0 radical (unpaired) electrons. The second-order valence-electron chi connectivity index (χ2n) is 4.09. The van der Waals surface area contributed by atoms with Crippen LogP contribution in [-0.4, -0.2) is 41.2 Å². The van der Waals surface area contributed by atoms with Crippen LogP contribution < -0.4 is 0 Å². The van der Waals surface area contributed by atoms with Crippen LogP contribution in [0.15, 0.2) is 17.5 Å². The van der Waals surface area contributed by atoms with Crippen molar-refractivity contribution in [3.63, 3.8) is 0 Å². The number of rotatable bonds is 7. The minimum Gasteiger partial charge on any atom is -0.481 e. The smallest absolute Gasteiger partial charge is 0.308 e. The first-order valence-corrected chi connectivity index (χ1v) is 7.61. The molecule has 18 heavy (non-hydrogen) atoms. The lowest BCUT2D eigenvalue weighted by Gasteiger charge is -2.19. The average molecular weight is 287 g/mol. The van der Waals surface area contributed by atoms with E-state index in [0.29, 0.717) is 5.75 Å². The summed E-state index contributed by atoms with van der Waals surface area (Å²) in [5, 5.41) is 10.8. The van der Waals surface area contributed by atoms with Crippen molar-refractivity contribution in [3.8, 4) is 0 Å². The molecule has 1 aromatic heterocycles. The summed E-state index contributed by atoms with van der Waals surface area (Å²) in [5.41, 5.74) is 0. The van der Waals surface area contributed by atoms with Crippen LogP contribution >= 0.6 is 23.1 Å². The summed E-state index contributed by atoms with van der Waals surface area (Å²) < 4.78 is 0. The Kier molecular flexibility index (Phi) is 6.21. The summed E-state index contributed by atoms with van der Waals surface area (Å²) in [6, 6.07) is 4.03. The fraction of sp³-hybridized carbons (Fsp3) is 0.500. The predicted octanol–water partition coefficient (Wildman–Crippen LogP) is 2.16. The number of hydrogen-bond donors (Lipinski definition) is 1. The lowest BCUT2D eigenvalue weighted by Crippen LogP contribution is -2.34. The van der Waals surface area contributed by atoms with E-state index in [1.54, 1.807) is 37.1 Å². The topological polar surface area (TPSA) is 57.6 Å². The van der Waals surface area contributed by atoms with E-state index in [2.05, 4.69) is 0 Å². The first-order chi connectivity index (χ1) is 8.50. The number of amides is 1. The maximum atomic E-state index is 11.7. The fourth-order valence-electron chi connectivity index (χ4n) is 1.33. The standard InChI is InChI=1S/C12H17NO3S2/c1-9(12(15)16)6-13(2)11(14)8-17-7-10-4-3-5-18-10/h3-5,9H,6-8H2,1-2H3,(H,15,16). The molecule has 0 saturated heterocycles. The Hall–Kier alpha value is -1.01. The van der Waals surface area contributed by atoms with Crippen LogP contribution in [0.25, 0.3) is 0 Å². The number of hydrogen-bond acceptors (Lipinski definition) is 4. The molecule has 0 aliphatic heterocycles. The minimum absolute atomic E-state index is 0.0235. The van der Waals surface area contributed by atoms with Crippen molar-refractivity contribution in [2.75, 3.05) is 19.3 Å². The monoisotopic (exact) mass is 287 g/mol. The van der Waals surface area contributed by atoms with Gasteiger partial charge in [0.15, 0.2) is 0 Å². The Morgan fingerprint density at radius 2 is 2.28 bits per heavy atom. The van der Waals surface area contributed by atoms with E-state index >= 15 is 0 Å². The van der Waals surface area contributed by atoms with Crippen LogP contribution in [0, 0.1) is 5.92 Å². The third-order valence-corrected chi connectivity index (χ3v) is 4.47. The van der Waals surface area contributed by atoms with Crippen LogP contribution in [0.2, 0.25) is 0 Å². The Labute approximate surface area is 115 Å². The lowest BCUT2D eigenvalue weighted by atomic mass is 10.2. The zero-order valence-electron chi connectivity index (χ0n) is 10.5. The molecule has 0 spiro atoms. The highest BCUT2D eigenvalue weighted by Crippen LogP contribution is 2.17. The second-order valence-corrected chi connectivity index (χ2v) is 6.10. The van der Waals surface area contributed by atoms with Gasteiger partial charge in [0, 0.05) is 24.2 Å². The minimum atomic E-state index is -0.874. The van der Waals surface area contributed by atoms with Crippen molar-refractivity contribution in [1.82, 2.24) is 4.90 Å². The van der Waals surface area contributed by atoms with Gasteiger partial charge in [0.2, 0.25) is 5.91 Å². The van der Waals surface area contributed by atoms with Crippen LogP contribution in [0.1, 0.15) is 11.8 Å². The Morgan fingerprint density at radius 1 is 1.56 bits per heavy atom. The predicted molar refractivity (Wildman–Crippen MR) is 74.9 cm³/mol.